The van der Waals surface area contributed by atoms with E-state index in [1.54, 1.807) is 60.7 Å². The number of nitrogens with zero attached hydrogens (tertiary/aromatic N) is 1. The third-order valence-corrected chi connectivity index (χ3v) is 9.81. The maximum atomic E-state index is 15.8. The highest BCUT2D eigenvalue weighted by molar-refractivity contribution is 8.13. The monoisotopic (exact) mass is 665 g/mol. The van der Waals surface area contributed by atoms with Crippen LogP contribution >= 0.6 is 23.5 Å². The first-order chi connectivity index (χ1) is 22.0. The highest BCUT2D eigenvalue weighted by Gasteiger charge is 2.38. The van der Waals surface area contributed by atoms with E-state index in [9.17, 15) is 22.8 Å². The van der Waals surface area contributed by atoms with Crippen molar-refractivity contribution in [2.45, 2.75) is 35.5 Å². The summed E-state index contributed by atoms with van der Waals surface area (Å²) in [6, 6.07) is 23.2. The number of para-hydroxylation sites is 1. The number of rotatable bonds is 7. The summed E-state index contributed by atoms with van der Waals surface area (Å²) in [5.41, 5.74) is -2.28. The Morgan fingerprint density at radius 3 is 2.26 bits per heavy atom. The van der Waals surface area contributed by atoms with Crippen LogP contribution in [0.1, 0.15) is 28.3 Å². The summed E-state index contributed by atoms with van der Waals surface area (Å²) in [5, 5.41) is -0.117. The van der Waals surface area contributed by atoms with Gasteiger partial charge in [0.2, 0.25) is 5.12 Å². The van der Waals surface area contributed by atoms with Crippen LogP contribution in [0.4, 0.5) is 22.0 Å². The van der Waals surface area contributed by atoms with Gasteiger partial charge in [0, 0.05) is 34.3 Å². The number of hydrogen-bond acceptors (Lipinski definition) is 5. The molecule has 4 aromatic carbocycles. The third kappa shape index (κ3) is 6.21. The molecule has 1 aromatic heterocycles. The summed E-state index contributed by atoms with van der Waals surface area (Å²) >= 11 is 2.06. The smallest absolute Gasteiger partial charge is 0.416 e. The van der Waals surface area contributed by atoms with E-state index in [4.69, 9.17) is 4.74 Å². The molecule has 6 rings (SSSR count). The Bertz CT molecular complexity index is 2000. The van der Waals surface area contributed by atoms with Gasteiger partial charge in [0.1, 0.15) is 29.2 Å². The number of alkyl halides is 3. The minimum absolute atomic E-state index is 0.122. The van der Waals surface area contributed by atoms with Gasteiger partial charge in [-0.3, -0.25) is 14.2 Å². The summed E-state index contributed by atoms with van der Waals surface area (Å²) in [7, 11) is 0. The number of carbonyl (C=O) groups excluding carboxylic acids is 1. The molecule has 0 saturated heterocycles. The molecule has 5 aromatic rings. The van der Waals surface area contributed by atoms with Crippen molar-refractivity contribution >= 4 is 28.6 Å². The Hall–Kier alpha value is -4.35. The average Bonchev–Trinajstić information content (AvgIpc) is 3.47. The van der Waals surface area contributed by atoms with Crippen LogP contribution in [-0.2, 0) is 17.4 Å². The van der Waals surface area contributed by atoms with Crippen molar-refractivity contribution in [3.8, 4) is 22.6 Å². The van der Waals surface area contributed by atoms with Gasteiger partial charge in [0.05, 0.1) is 16.2 Å². The van der Waals surface area contributed by atoms with Crippen LogP contribution in [0, 0.1) is 18.6 Å². The standard InChI is InChI=1S/C35H24F5NO3S2/c1-20-25(18-26-27(35(38,39)40)13-8-14-28(26)36)33-41(30(19-45-33)34(43)46-23-11-6-3-7-12-23)32(42)31(20)24-16-15-22(17-29(24)37)44-21-9-4-2-5-10-21/h2-17,30H,18-19H2,1H3. The molecule has 1 aliphatic heterocycles. The zero-order valence-corrected chi connectivity index (χ0v) is 25.7. The molecule has 1 atom stereocenters. The lowest BCUT2D eigenvalue weighted by Gasteiger charge is -2.21. The molecular weight excluding hydrogens is 642 g/mol. The summed E-state index contributed by atoms with van der Waals surface area (Å²) in [5.74, 6) is -1.13. The van der Waals surface area contributed by atoms with Gasteiger partial charge >= 0.3 is 6.18 Å². The molecule has 4 nitrogen and oxygen atoms in total. The average molecular weight is 666 g/mol. The Balaban J connectivity index is 1.51. The zero-order valence-electron chi connectivity index (χ0n) is 24.1. The number of carbonyl (C=O) groups is 1. The number of benzene rings is 4. The molecule has 0 bridgehead atoms. The molecule has 0 spiro atoms. The quantitative estimate of drug-likeness (QED) is 0.128. The van der Waals surface area contributed by atoms with Crippen molar-refractivity contribution in [2.75, 3.05) is 5.75 Å². The van der Waals surface area contributed by atoms with Crippen molar-refractivity contribution in [1.82, 2.24) is 4.57 Å². The van der Waals surface area contributed by atoms with E-state index < -0.39 is 47.0 Å². The van der Waals surface area contributed by atoms with Gasteiger partial charge in [-0.05, 0) is 78.3 Å². The molecule has 46 heavy (non-hydrogen) atoms. The second-order valence-electron chi connectivity index (χ2n) is 10.5. The summed E-state index contributed by atoms with van der Waals surface area (Å²) < 4.78 is 79.9. The van der Waals surface area contributed by atoms with Crippen molar-refractivity contribution in [1.29, 1.82) is 0 Å². The molecule has 0 radical (unpaired) electrons. The number of halogens is 5. The van der Waals surface area contributed by atoms with Crippen LogP contribution in [0.15, 0.2) is 112 Å². The molecule has 1 unspecified atom stereocenters. The minimum atomic E-state index is -4.85. The van der Waals surface area contributed by atoms with Crippen molar-refractivity contribution in [3.05, 3.63) is 141 Å². The van der Waals surface area contributed by atoms with Crippen molar-refractivity contribution in [2.24, 2.45) is 0 Å². The zero-order chi connectivity index (χ0) is 32.6. The fourth-order valence-corrected chi connectivity index (χ4v) is 7.76. The van der Waals surface area contributed by atoms with Crippen LogP contribution in [0.25, 0.3) is 11.1 Å². The van der Waals surface area contributed by atoms with Crippen molar-refractivity contribution < 1.29 is 31.5 Å². The maximum Gasteiger partial charge on any atom is 0.416 e. The topological polar surface area (TPSA) is 48.3 Å². The van der Waals surface area contributed by atoms with Crippen LogP contribution in [0.5, 0.6) is 11.5 Å². The number of thioether (sulfide) groups is 2. The predicted octanol–water partition coefficient (Wildman–Crippen LogP) is 9.47. The Labute approximate surface area is 269 Å². The van der Waals surface area contributed by atoms with Gasteiger partial charge in [-0.25, -0.2) is 8.78 Å². The fourth-order valence-electron chi connectivity index (χ4n) is 5.44. The van der Waals surface area contributed by atoms with E-state index in [0.717, 1.165) is 47.8 Å². The van der Waals surface area contributed by atoms with Gasteiger partial charge in [-0.15, -0.1) is 11.8 Å². The second-order valence-corrected chi connectivity index (χ2v) is 12.6. The number of aromatic nitrogens is 1. The number of fused-ring (bicyclic) bond motifs is 1. The Kier molecular flexibility index (Phi) is 8.80. The SMILES string of the molecule is Cc1c(Cc2c(F)cccc2C(F)(F)F)c2n(c(=O)c1-c1ccc(Oc3ccccc3)cc1F)C(C(=O)Sc1ccccc1)CS2. The Morgan fingerprint density at radius 1 is 0.891 bits per heavy atom. The van der Waals surface area contributed by atoms with E-state index in [1.165, 1.54) is 23.6 Å². The normalized spacial score (nSPS) is 14.3. The summed E-state index contributed by atoms with van der Waals surface area (Å²) in [4.78, 5) is 28.4. The number of ether oxygens (including phenoxy) is 1. The van der Waals surface area contributed by atoms with Gasteiger partial charge in [-0.2, -0.15) is 13.2 Å². The lowest BCUT2D eigenvalue weighted by Crippen LogP contribution is -2.30. The van der Waals surface area contributed by atoms with E-state index in [1.807, 2.05) is 0 Å². The highest BCUT2D eigenvalue weighted by Crippen LogP contribution is 2.43. The summed E-state index contributed by atoms with van der Waals surface area (Å²) in [6.07, 6.45) is -5.38. The van der Waals surface area contributed by atoms with Crippen LogP contribution in [-0.4, -0.2) is 15.4 Å². The fraction of sp³-hybridized carbons (Fsp3) is 0.143. The van der Waals surface area contributed by atoms with Crippen LogP contribution < -0.4 is 10.3 Å². The molecule has 0 saturated carbocycles. The third-order valence-electron chi connectivity index (χ3n) is 7.63. The molecule has 0 aliphatic carbocycles. The molecule has 0 N–H and O–H groups in total. The van der Waals surface area contributed by atoms with Crippen LogP contribution in [0.3, 0.4) is 0 Å². The molecule has 11 heteroatoms. The van der Waals surface area contributed by atoms with Gasteiger partial charge in [0.15, 0.2) is 0 Å². The predicted molar refractivity (Wildman–Crippen MR) is 169 cm³/mol. The van der Waals surface area contributed by atoms with Gasteiger partial charge < -0.3 is 4.74 Å². The molecule has 0 fully saturated rings. The molecule has 0 amide bonds. The lowest BCUT2D eigenvalue weighted by molar-refractivity contribution is -0.138. The van der Waals surface area contributed by atoms with Gasteiger partial charge in [0.25, 0.3) is 5.56 Å². The van der Waals surface area contributed by atoms with Crippen LogP contribution in [0.2, 0.25) is 0 Å². The molecular formula is C35H24F5NO3S2. The molecule has 234 valence electrons. The van der Waals surface area contributed by atoms with Gasteiger partial charge in [-0.1, -0.05) is 42.5 Å². The maximum absolute atomic E-state index is 15.8. The van der Waals surface area contributed by atoms with E-state index >= 15 is 8.78 Å². The Morgan fingerprint density at radius 2 is 1.59 bits per heavy atom. The first kappa shape index (κ1) is 31.6. The molecule has 2 heterocycles. The second kappa shape index (κ2) is 12.8. The first-order valence-corrected chi connectivity index (χ1v) is 15.9. The van der Waals surface area contributed by atoms with E-state index in [0.29, 0.717) is 10.6 Å². The molecule has 1 aliphatic rings. The lowest BCUT2D eigenvalue weighted by atomic mass is 9.92. The number of pyridine rings is 1. The van der Waals surface area contributed by atoms with Crippen molar-refractivity contribution in [3.63, 3.8) is 0 Å². The summed E-state index contributed by atoms with van der Waals surface area (Å²) in [6.45, 7) is 1.50. The van der Waals surface area contributed by atoms with E-state index in [2.05, 4.69) is 0 Å². The largest absolute Gasteiger partial charge is 0.457 e. The van der Waals surface area contributed by atoms with E-state index in [-0.39, 0.29) is 43.9 Å². The first-order valence-electron chi connectivity index (χ1n) is 14.1. The highest BCUT2D eigenvalue weighted by atomic mass is 32.2. The minimum Gasteiger partial charge on any atom is -0.457 e. The number of hydrogen-bond donors (Lipinski definition) is 0.